The summed E-state index contributed by atoms with van der Waals surface area (Å²) in [4.78, 5) is 23.7. The average molecular weight is 448 g/mol. The number of hydrogen-bond acceptors (Lipinski definition) is 7. The van der Waals surface area contributed by atoms with E-state index in [0.29, 0.717) is 25.7 Å². The number of nitrogens with zero attached hydrogens (tertiary/aromatic N) is 2. The number of carbonyl (C=O) groups excluding carboxylic acids is 2. The standard InChI is InChI=1S/C19H18ClN5O2S2/c1-11-14(20)4-3-5-15(11)23-18-24-25-19(29-18)28-10-16(26)22-13-8-6-12(7-9-13)17(27)21-2/h3-9H,10H2,1-2H3,(H,21,27)(H,22,26)(H,23,24). The van der Waals surface area contributed by atoms with Crippen molar-refractivity contribution in [3.8, 4) is 0 Å². The molecule has 10 heteroatoms. The predicted octanol–water partition coefficient (Wildman–Crippen LogP) is 4.33. The first kappa shape index (κ1) is 21.1. The monoisotopic (exact) mass is 447 g/mol. The lowest BCUT2D eigenvalue weighted by atomic mass is 10.2. The molecule has 0 radical (unpaired) electrons. The van der Waals surface area contributed by atoms with Gasteiger partial charge in [-0.25, -0.2) is 0 Å². The third-order valence-electron chi connectivity index (χ3n) is 3.90. The molecule has 0 saturated heterocycles. The summed E-state index contributed by atoms with van der Waals surface area (Å²) in [6.07, 6.45) is 0. The van der Waals surface area contributed by atoms with Gasteiger partial charge in [0.15, 0.2) is 4.34 Å². The van der Waals surface area contributed by atoms with Gasteiger partial charge in [0, 0.05) is 29.0 Å². The summed E-state index contributed by atoms with van der Waals surface area (Å²) < 4.78 is 0.678. The fraction of sp³-hybridized carbons (Fsp3) is 0.158. The van der Waals surface area contributed by atoms with Crippen LogP contribution in [0.4, 0.5) is 16.5 Å². The van der Waals surface area contributed by atoms with Crippen molar-refractivity contribution in [2.45, 2.75) is 11.3 Å². The number of anilines is 3. The second-order valence-electron chi connectivity index (χ2n) is 5.90. The van der Waals surface area contributed by atoms with Gasteiger partial charge in [0.2, 0.25) is 11.0 Å². The minimum absolute atomic E-state index is 0.168. The van der Waals surface area contributed by atoms with Crippen molar-refractivity contribution in [2.75, 3.05) is 23.4 Å². The molecule has 1 heterocycles. The molecule has 0 aliphatic heterocycles. The van der Waals surface area contributed by atoms with Crippen molar-refractivity contribution in [1.29, 1.82) is 0 Å². The highest BCUT2D eigenvalue weighted by Gasteiger charge is 2.11. The zero-order valence-corrected chi connectivity index (χ0v) is 18.0. The minimum Gasteiger partial charge on any atom is -0.355 e. The number of nitrogens with one attached hydrogen (secondary N) is 3. The normalized spacial score (nSPS) is 10.4. The van der Waals surface area contributed by atoms with Gasteiger partial charge in [-0.1, -0.05) is 40.8 Å². The number of carbonyl (C=O) groups is 2. The summed E-state index contributed by atoms with van der Waals surface area (Å²) in [6.45, 7) is 1.92. The van der Waals surface area contributed by atoms with Crippen LogP contribution in [0.15, 0.2) is 46.8 Å². The number of amides is 2. The van der Waals surface area contributed by atoms with E-state index in [1.165, 1.54) is 23.1 Å². The molecular formula is C19H18ClN5O2S2. The molecule has 1 aromatic heterocycles. The van der Waals surface area contributed by atoms with Crippen molar-refractivity contribution >= 4 is 63.0 Å². The van der Waals surface area contributed by atoms with Crippen LogP contribution in [0.3, 0.4) is 0 Å². The van der Waals surface area contributed by atoms with E-state index in [9.17, 15) is 9.59 Å². The molecule has 0 fully saturated rings. The summed E-state index contributed by atoms with van der Waals surface area (Å²) in [7, 11) is 1.57. The summed E-state index contributed by atoms with van der Waals surface area (Å²) in [5.41, 5.74) is 2.95. The van der Waals surface area contributed by atoms with Gasteiger partial charge in [0.05, 0.1) is 5.75 Å². The molecule has 150 valence electrons. The minimum atomic E-state index is -0.174. The van der Waals surface area contributed by atoms with E-state index in [-0.39, 0.29) is 17.6 Å². The Kier molecular flexibility index (Phi) is 7.08. The fourth-order valence-corrected chi connectivity index (χ4v) is 4.09. The Morgan fingerprint density at radius 3 is 2.62 bits per heavy atom. The number of aromatic nitrogens is 2. The second-order valence-corrected chi connectivity index (χ2v) is 8.51. The molecule has 0 atom stereocenters. The molecule has 3 rings (SSSR count). The van der Waals surface area contributed by atoms with Crippen LogP contribution >= 0.6 is 34.7 Å². The van der Waals surface area contributed by atoms with Gasteiger partial charge in [0.25, 0.3) is 5.91 Å². The molecule has 29 heavy (non-hydrogen) atoms. The van der Waals surface area contributed by atoms with E-state index in [1.54, 1.807) is 31.3 Å². The number of benzene rings is 2. The second kappa shape index (κ2) is 9.73. The molecule has 3 N–H and O–H groups in total. The lowest BCUT2D eigenvalue weighted by Crippen LogP contribution is -2.18. The molecule has 7 nitrogen and oxygen atoms in total. The van der Waals surface area contributed by atoms with Gasteiger partial charge >= 0.3 is 0 Å². The largest absolute Gasteiger partial charge is 0.355 e. The van der Waals surface area contributed by atoms with E-state index < -0.39 is 0 Å². The number of hydrogen-bond donors (Lipinski definition) is 3. The van der Waals surface area contributed by atoms with Gasteiger partial charge in [0.1, 0.15) is 0 Å². The molecule has 0 spiro atoms. The lowest BCUT2D eigenvalue weighted by molar-refractivity contribution is -0.113. The van der Waals surface area contributed by atoms with Crippen molar-refractivity contribution in [3.63, 3.8) is 0 Å². The molecule has 0 bridgehead atoms. The third kappa shape index (κ3) is 5.69. The van der Waals surface area contributed by atoms with Crippen LogP contribution < -0.4 is 16.0 Å². The van der Waals surface area contributed by atoms with Gasteiger partial charge in [-0.2, -0.15) is 0 Å². The van der Waals surface area contributed by atoms with Crippen molar-refractivity contribution in [1.82, 2.24) is 15.5 Å². The van der Waals surface area contributed by atoms with E-state index in [0.717, 1.165) is 11.3 Å². The summed E-state index contributed by atoms with van der Waals surface area (Å²) in [5, 5.41) is 18.0. The highest BCUT2D eigenvalue weighted by Crippen LogP contribution is 2.30. The summed E-state index contributed by atoms with van der Waals surface area (Å²) in [6, 6.07) is 12.3. The Morgan fingerprint density at radius 1 is 1.14 bits per heavy atom. The maximum Gasteiger partial charge on any atom is 0.251 e. The van der Waals surface area contributed by atoms with Crippen LogP contribution in [0, 0.1) is 6.92 Å². The Balaban J connectivity index is 1.52. The van der Waals surface area contributed by atoms with Crippen LogP contribution in [0.5, 0.6) is 0 Å². The number of thioether (sulfide) groups is 1. The summed E-state index contributed by atoms with van der Waals surface area (Å²) >= 11 is 8.79. The Hall–Kier alpha value is -2.62. The number of rotatable bonds is 7. The quantitative estimate of drug-likeness (QED) is 0.466. The first-order chi connectivity index (χ1) is 14.0. The maximum absolute atomic E-state index is 12.2. The van der Waals surface area contributed by atoms with Crippen LogP contribution in [-0.2, 0) is 4.79 Å². The zero-order valence-electron chi connectivity index (χ0n) is 15.7. The van der Waals surface area contributed by atoms with E-state index >= 15 is 0 Å². The van der Waals surface area contributed by atoms with Crippen LogP contribution in [0.1, 0.15) is 15.9 Å². The SMILES string of the molecule is CNC(=O)c1ccc(NC(=O)CSc2nnc(Nc3cccc(Cl)c3C)s2)cc1. The number of halogens is 1. The molecule has 2 amide bonds. The van der Waals surface area contributed by atoms with Crippen molar-refractivity contribution in [3.05, 3.63) is 58.6 Å². The maximum atomic E-state index is 12.2. The van der Waals surface area contributed by atoms with Crippen LogP contribution in [0.25, 0.3) is 0 Å². The van der Waals surface area contributed by atoms with E-state index in [1.807, 2.05) is 25.1 Å². The van der Waals surface area contributed by atoms with E-state index in [2.05, 4.69) is 26.1 Å². The first-order valence-corrected chi connectivity index (χ1v) is 10.7. The molecular weight excluding hydrogens is 430 g/mol. The Labute approximate surface area is 181 Å². The van der Waals surface area contributed by atoms with Gasteiger partial charge in [-0.05, 0) is 48.9 Å². The highest BCUT2D eigenvalue weighted by molar-refractivity contribution is 8.01. The Bertz CT molecular complexity index is 1020. The molecule has 0 aliphatic carbocycles. The van der Waals surface area contributed by atoms with Crippen LogP contribution in [0.2, 0.25) is 5.02 Å². The third-order valence-corrected chi connectivity index (χ3v) is 6.28. The first-order valence-electron chi connectivity index (χ1n) is 8.56. The van der Waals surface area contributed by atoms with Gasteiger partial charge < -0.3 is 16.0 Å². The van der Waals surface area contributed by atoms with Crippen molar-refractivity contribution < 1.29 is 9.59 Å². The van der Waals surface area contributed by atoms with Crippen molar-refractivity contribution in [2.24, 2.45) is 0 Å². The molecule has 0 aliphatic rings. The molecule has 0 saturated carbocycles. The highest BCUT2D eigenvalue weighted by atomic mass is 35.5. The van der Waals surface area contributed by atoms with Gasteiger partial charge in [-0.3, -0.25) is 9.59 Å². The smallest absolute Gasteiger partial charge is 0.251 e. The summed E-state index contributed by atoms with van der Waals surface area (Å²) in [5.74, 6) is -0.146. The fourth-order valence-electron chi connectivity index (χ4n) is 2.35. The van der Waals surface area contributed by atoms with E-state index in [4.69, 9.17) is 11.6 Å². The molecule has 2 aromatic carbocycles. The predicted molar refractivity (Wildman–Crippen MR) is 119 cm³/mol. The molecule has 3 aromatic rings. The average Bonchev–Trinajstić information content (AvgIpc) is 3.17. The lowest BCUT2D eigenvalue weighted by Gasteiger charge is -2.07. The Morgan fingerprint density at radius 2 is 1.90 bits per heavy atom. The zero-order chi connectivity index (χ0) is 20.8. The van der Waals surface area contributed by atoms with Gasteiger partial charge in [-0.15, -0.1) is 10.2 Å². The van der Waals surface area contributed by atoms with Crippen LogP contribution in [-0.4, -0.2) is 34.8 Å². The topological polar surface area (TPSA) is 96.0 Å². The molecule has 0 unspecified atom stereocenters.